The van der Waals surface area contributed by atoms with Crippen LogP contribution >= 0.6 is 7.60 Å². The molecule has 6 heteroatoms. The van der Waals surface area contributed by atoms with Crippen molar-refractivity contribution in [3.63, 3.8) is 0 Å². The molecule has 0 heterocycles. The second-order valence-electron chi connectivity index (χ2n) is 1.24. The Morgan fingerprint density at radius 1 is 1.78 bits per heavy atom. The zero-order chi connectivity index (χ0) is 7.49. The number of hydrogen-bond donors (Lipinski definition) is 0. The van der Waals surface area contributed by atoms with Crippen molar-refractivity contribution in [3.8, 4) is 0 Å². The van der Waals surface area contributed by atoms with E-state index in [0.29, 0.717) is 0 Å². The molecular weight excluding hydrogens is 153 g/mol. The van der Waals surface area contributed by atoms with Crippen LogP contribution in [0.2, 0.25) is 0 Å². The van der Waals surface area contributed by atoms with Crippen molar-refractivity contribution in [1.82, 2.24) is 0 Å². The molecule has 0 aromatic heterocycles. The highest BCUT2D eigenvalue weighted by Crippen LogP contribution is 2.43. The van der Waals surface area contributed by atoms with E-state index in [9.17, 15) is 18.2 Å². The van der Waals surface area contributed by atoms with Gasteiger partial charge in [-0.3, -0.25) is 0 Å². The predicted molar refractivity (Wildman–Crippen MR) is 25.2 cm³/mol. The van der Waals surface area contributed by atoms with Crippen LogP contribution in [0.4, 0.5) is 8.78 Å². The van der Waals surface area contributed by atoms with Crippen LogP contribution in [-0.4, -0.2) is 12.8 Å². The van der Waals surface area contributed by atoms with Gasteiger partial charge in [-0.15, -0.1) is 0 Å². The summed E-state index contributed by atoms with van der Waals surface area (Å²) in [6.07, 6.45) is -3.41. The Kier molecular flexibility index (Phi) is 3.25. The molecule has 3 nitrogen and oxygen atoms in total. The SMILES string of the molecule is CCOP(=O)([O-])C(F)F. The van der Waals surface area contributed by atoms with E-state index in [0.717, 1.165) is 0 Å². The second-order valence-corrected chi connectivity index (χ2v) is 2.96. The predicted octanol–water partition coefficient (Wildman–Crippen LogP) is 0.799. The quantitative estimate of drug-likeness (QED) is 0.572. The summed E-state index contributed by atoms with van der Waals surface area (Å²) in [4.78, 5) is 9.99. The lowest BCUT2D eigenvalue weighted by atomic mass is 10.9. The molecule has 0 bridgehead atoms. The summed E-state index contributed by atoms with van der Waals surface area (Å²) in [5.41, 5.74) is 0. The van der Waals surface area contributed by atoms with Crippen LogP contribution in [0.1, 0.15) is 6.92 Å². The summed E-state index contributed by atoms with van der Waals surface area (Å²) in [6.45, 7) is 1.08. The molecule has 0 aliphatic heterocycles. The van der Waals surface area contributed by atoms with E-state index in [2.05, 4.69) is 4.52 Å². The molecule has 0 rings (SSSR count). The Bertz CT molecular complexity index is 126. The molecule has 0 saturated carbocycles. The van der Waals surface area contributed by atoms with Gasteiger partial charge in [0, 0.05) is 0 Å². The van der Waals surface area contributed by atoms with Crippen LogP contribution in [0.15, 0.2) is 0 Å². The van der Waals surface area contributed by atoms with E-state index < -0.39 is 13.8 Å². The largest absolute Gasteiger partial charge is 0.774 e. The number of halogens is 2. The first-order valence-corrected chi connectivity index (χ1v) is 3.85. The van der Waals surface area contributed by atoms with Gasteiger partial charge < -0.3 is 14.0 Å². The molecule has 0 aromatic carbocycles. The molecule has 1 unspecified atom stereocenters. The normalized spacial score (nSPS) is 17.9. The van der Waals surface area contributed by atoms with Gasteiger partial charge in [-0.05, 0) is 6.92 Å². The highest BCUT2D eigenvalue weighted by molar-refractivity contribution is 7.51. The van der Waals surface area contributed by atoms with Crippen molar-refractivity contribution in [1.29, 1.82) is 0 Å². The number of alkyl halides is 2. The fourth-order valence-electron chi connectivity index (χ4n) is 0.236. The molecule has 56 valence electrons. The Labute approximate surface area is 51.2 Å². The van der Waals surface area contributed by atoms with E-state index in [-0.39, 0.29) is 6.61 Å². The maximum atomic E-state index is 11.3. The fourth-order valence-corrected chi connectivity index (χ4v) is 0.709. The van der Waals surface area contributed by atoms with Crippen LogP contribution in [0.25, 0.3) is 0 Å². The first-order valence-electron chi connectivity index (χ1n) is 2.24. The van der Waals surface area contributed by atoms with Crippen LogP contribution in [0, 0.1) is 0 Å². The van der Waals surface area contributed by atoms with Gasteiger partial charge in [0.1, 0.15) is 0 Å². The lowest BCUT2D eigenvalue weighted by molar-refractivity contribution is -0.209. The van der Waals surface area contributed by atoms with Gasteiger partial charge in [0.25, 0.3) is 6.17 Å². The minimum absolute atomic E-state index is 0.245. The third-order valence-corrected chi connectivity index (χ3v) is 1.64. The smallest absolute Gasteiger partial charge is 0.300 e. The van der Waals surface area contributed by atoms with E-state index >= 15 is 0 Å². The molecule has 0 aromatic rings. The molecule has 0 spiro atoms. The molecule has 0 aliphatic carbocycles. The van der Waals surface area contributed by atoms with Gasteiger partial charge in [-0.2, -0.15) is 0 Å². The number of hydrogen-bond acceptors (Lipinski definition) is 3. The third-order valence-electron chi connectivity index (χ3n) is 0.548. The zero-order valence-corrected chi connectivity index (χ0v) is 5.61. The Hall–Kier alpha value is 0.01000. The van der Waals surface area contributed by atoms with E-state index in [1.165, 1.54) is 6.92 Å². The van der Waals surface area contributed by atoms with Gasteiger partial charge in [-0.1, -0.05) is 0 Å². The standard InChI is InChI=1S/C3H7F2O3P/c1-2-8-9(6,7)3(4)5/h3H,2H2,1H3,(H,6,7)/p-1. The molecule has 9 heavy (non-hydrogen) atoms. The first-order chi connectivity index (χ1) is 4.00. The highest BCUT2D eigenvalue weighted by atomic mass is 31.2. The Morgan fingerprint density at radius 2 is 2.22 bits per heavy atom. The van der Waals surface area contributed by atoms with Crippen molar-refractivity contribution in [2.45, 2.75) is 13.1 Å². The Morgan fingerprint density at radius 3 is 2.33 bits per heavy atom. The summed E-state index contributed by atoms with van der Waals surface area (Å²) in [7, 11) is -4.85. The summed E-state index contributed by atoms with van der Waals surface area (Å²) in [5.74, 6) is 0. The summed E-state index contributed by atoms with van der Waals surface area (Å²) < 4.78 is 36.3. The molecule has 0 saturated heterocycles. The minimum Gasteiger partial charge on any atom is -0.774 e. The molecule has 0 aliphatic rings. The van der Waals surface area contributed by atoms with Gasteiger partial charge in [0.15, 0.2) is 0 Å². The molecule has 0 radical (unpaired) electrons. The van der Waals surface area contributed by atoms with Gasteiger partial charge >= 0.3 is 0 Å². The molecule has 0 fully saturated rings. The van der Waals surface area contributed by atoms with Crippen molar-refractivity contribution in [3.05, 3.63) is 0 Å². The fraction of sp³-hybridized carbons (Fsp3) is 1.00. The molecular formula is C3H6F2O3P-. The van der Waals surface area contributed by atoms with Gasteiger partial charge in [-0.25, -0.2) is 8.78 Å². The van der Waals surface area contributed by atoms with Gasteiger partial charge in [0.2, 0.25) is 7.60 Å². The topological polar surface area (TPSA) is 49.4 Å². The maximum absolute atomic E-state index is 11.3. The molecule has 0 amide bonds. The minimum atomic E-state index is -4.85. The second kappa shape index (κ2) is 3.25. The van der Waals surface area contributed by atoms with Crippen molar-refractivity contribution < 1.29 is 22.8 Å². The van der Waals surface area contributed by atoms with E-state index in [1.54, 1.807) is 0 Å². The van der Waals surface area contributed by atoms with Crippen LogP contribution < -0.4 is 4.89 Å². The molecule has 1 atom stereocenters. The lowest BCUT2D eigenvalue weighted by Crippen LogP contribution is -2.11. The van der Waals surface area contributed by atoms with Crippen LogP contribution in [-0.2, 0) is 9.09 Å². The van der Waals surface area contributed by atoms with Crippen LogP contribution in [0.3, 0.4) is 0 Å². The monoisotopic (exact) mass is 159 g/mol. The maximum Gasteiger partial charge on any atom is 0.300 e. The highest BCUT2D eigenvalue weighted by Gasteiger charge is 2.20. The summed E-state index contributed by atoms with van der Waals surface area (Å²) in [5, 5.41) is 0. The van der Waals surface area contributed by atoms with Crippen LogP contribution in [0.5, 0.6) is 0 Å². The van der Waals surface area contributed by atoms with Crippen molar-refractivity contribution in [2.75, 3.05) is 6.61 Å². The summed E-state index contributed by atoms with van der Waals surface area (Å²) in [6, 6.07) is 0. The van der Waals surface area contributed by atoms with E-state index in [1.807, 2.05) is 0 Å². The zero-order valence-electron chi connectivity index (χ0n) is 4.71. The number of rotatable bonds is 3. The Balaban J connectivity index is 3.87. The lowest BCUT2D eigenvalue weighted by Gasteiger charge is -2.20. The van der Waals surface area contributed by atoms with Crippen molar-refractivity contribution >= 4 is 7.60 Å². The third kappa shape index (κ3) is 2.89. The molecule has 0 N–H and O–H groups in total. The first kappa shape index (κ1) is 9.01. The van der Waals surface area contributed by atoms with Crippen molar-refractivity contribution in [2.24, 2.45) is 0 Å². The van der Waals surface area contributed by atoms with Gasteiger partial charge in [0.05, 0.1) is 6.61 Å². The average Bonchev–Trinajstić information content (AvgIpc) is 1.65. The average molecular weight is 159 g/mol. The van der Waals surface area contributed by atoms with E-state index in [4.69, 9.17) is 0 Å². The summed E-state index contributed by atoms with van der Waals surface area (Å²) >= 11 is 0.